The van der Waals surface area contributed by atoms with Crippen LogP contribution in [0.5, 0.6) is 0 Å². The van der Waals surface area contributed by atoms with Gasteiger partial charge in [0, 0.05) is 19.6 Å². The van der Waals surface area contributed by atoms with E-state index in [9.17, 15) is 4.79 Å². The standard InChI is InChI=1S/C14H17NO2/c16-14-12-7-15(8-13(14)10-17-9-12)6-11-4-2-1-3-5-11/h1-5,12-13H,6-10H2/t12-,13+. The van der Waals surface area contributed by atoms with Crippen molar-refractivity contribution in [3.05, 3.63) is 35.9 Å². The molecule has 3 nitrogen and oxygen atoms in total. The van der Waals surface area contributed by atoms with Crippen LogP contribution in [0.2, 0.25) is 0 Å². The number of rotatable bonds is 2. The molecule has 0 radical (unpaired) electrons. The van der Waals surface area contributed by atoms with E-state index in [1.807, 2.05) is 6.07 Å². The molecule has 2 heterocycles. The lowest BCUT2D eigenvalue weighted by atomic mass is 9.86. The fraction of sp³-hybridized carbons (Fsp3) is 0.500. The quantitative estimate of drug-likeness (QED) is 0.769. The Bertz CT molecular complexity index is 388. The van der Waals surface area contributed by atoms with Crippen LogP contribution in [-0.2, 0) is 16.1 Å². The highest BCUT2D eigenvalue weighted by Gasteiger charge is 2.38. The third kappa shape index (κ3) is 2.26. The van der Waals surface area contributed by atoms with Crippen molar-refractivity contribution in [1.82, 2.24) is 4.90 Å². The maximum Gasteiger partial charge on any atom is 0.146 e. The third-order valence-electron chi connectivity index (χ3n) is 3.65. The summed E-state index contributed by atoms with van der Waals surface area (Å²) in [5.41, 5.74) is 1.32. The van der Waals surface area contributed by atoms with E-state index in [-0.39, 0.29) is 11.8 Å². The van der Waals surface area contributed by atoms with Crippen molar-refractivity contribution < 1.29 is 9.53 Å². The lowest BCUT2D eigenvalue weighted by Crippen LogP contribution is -2.52. The molecule has 90 valence electrons. The Hall–Kier alpha value is -1.19. The molecular formula is C14H17NO2. The highest BCUT2D eigenvalue weighted by atomic mass is 16.5. The summed E-state index contributed by atoms with van der Waals surface area (Å²) >= 11 is 0. The Morgan fingerprint density at radius 2 is 1.76 bits per heavy atom. The molecule has 2 bridgehead atoms. The lowest BCUT2D eigenvalue weighted by molar-refractivity contribution is -0.145. The number of carbonyl (C=O) groups excluding carboxylic acids is 1. The summed E-state index contributed by atoms with van der Waals surface area (Å²) in [6, 6.07) is 10.4. The molecule has 2 fully saturated rings. The molecule has 3 rings (SSSR count). The molecule has 2 aliphatic heterocycles. The van der Waals surface area contributed by atoms with Gasteiger partial charge in [-0.2, -0.15) is 0 Å². The minimum absolute atomic E-state index is 0.103. The van der Waals surface area contributed by atoms with Gasteiger partial charge in [0.1, 0.15) is 5.78 Å². The van der Waals surface area contributed by atoms with Crippen molar-refractivity contribution >= 4 is 5.78 Å². The molecule has 2 aliphatic rings. The van der Waals surface area contributed by atoms with Crippen LogP contribution in [0, 0.1) is 11.8 Å². The summed E-state index contributed by atoms with van der Waals surface area (Å²) in [7, 11) is 0. The van der Waals surface area contributed by atoms with Crippen LogP contribution < -0.4 is 0 Å². The summed E-state index contributed by atoms with van der Waals surface area (Å²) in [6.07, 6.45) is 0. The zero-order valence-corrected chi connectivity index (χ0v) is 9.84. The molecule has 0 spiro atoms. The Morgan fingerprint density at radius 3 is 2.41 bits per heavy atom. The molecule has 1 aromatic rings. The highest BCUT2D eigenvalue weighted by Crippen LogP contribution is 2.24. The maximum absolute atomic E-state index is 11.9. The molecule has 1 aromatic carbocycles. The van der Waals surface area contributed by atoms with E-state index in [1.165, 1.54) is 5.56 Å². The molecule has 0 N–H and O–H groups in total. The zero-order chi connectivity index (χ0) is 11.7. The minimum Gasteiger partial charge on any atom is -0.380 e. The molecule has 0 aliphatic carbocycles. The van der Waals surface area contributed by atoms with Crippen molar-refractivity contribution in [2.24, 2.45) is 11.8 Å². The number of fused-ring (bicyclic) bond motifs is 2. The number of benzene rings is 1. The molecule has 3 heteroatoms. The lowest BCUT2D eigenvalue weighted by Gasteiger charge is -2.39. The van der Waals surface area contributed by atoms with Crippen molar-refractivity contribution in [2.45, 2.75) is 6.54 Å². The van der Waals surface area contributed by atoms with Gasteiger partial charge in [0.05, 0.1) is 25.0 Å². The van der Waals surface area contributed by atoms with E-state index in [0.29, 0.717) is 19.0 Å². The number of hydrogen-bond donors (Lipinski definition) is 0. The Morgan fingerprint density at radius 1 is 1.12 bits per heavy atom. The Balaban J connectivity index is 1.68. The largest absolute Gasteiger partial charge is 0.380 e. The summed E-state index contributed by atoms with van der Waals surface area (Å²) in [4.78, 5) is 14.3. The number of ketones is 1. The summed E-state index contributed by atoms with van der Waals surface area (Å²) in [5, 5.41) is 0. The van der Waals surface area contributed by atoms with Crippen molar-refractivity contribution in [3.8, 4) is 0 Å². The van der Waals surface area contributed by atoms with Crippen LogP contribution >= 0.6 is 0 Å². The van der Waals surface area contributed by atoms with Crippen LogP contribution in [0.3, 0.4) is 0 Å². The first-order valence-corrected chi connectivity index (χ1v) is 6.20. The van der Waals surface area contributed by atoms with Gasteiger partial charge in [-0.05, 0) is 5.56 Å². The van der Waals surface area contributed by atoms with Crippen LogP contribution in [0.15, 0.2) is 30.3 Å². The molecule has 17 heavy (non-hydrogen) atoms. The van der Waals surface area contributed by atoms with E-state index >= 15 is 0 Å². The second kappa shape index (κ2) is 4.59. The summed E-state index contributed by atoms with van der Waals surface area (Å²) in [6.45, 7) is 3.87. The van der Waals surface area contributed by atoms with Gasteiger partial charge >= 0.3 is 0 Å². The SMILES string of the molecule is O=C1[C@@H]2COC[C@H]1CN(Cc1ccccc1)C2. The van der Waals surface area contributed by atoms with Crippen LogP contribution in [-0.4, -0.2) is 37.0 Å². The topological polar surface area (TPSA) is 29.5 Å². The maximum atomic E-state index is 11.9. The Labute approximate surface area is 101 Å². The average molecular weight is 231 g/mol. The van der Waals surface area contributed by atoms with Gasteiger partial charge in [-0.15, -0.1) is 0 Å². The first-order chi connectivity index (χ1) is 8.33. The van der Waals surface area contributed by atoms with Crippen molar-refractivity contribution in [1.29, 1.82) is 0 Å². The van der Waals surface area contributed by atoms with E-state index in [0.717, 1.165) is 19.6 Å². The van der Waals surface area contributed by atoms with E-state index in [4.69, 9.17) is 4.74 Å². The summed E-state index contributed by atoms with van der Waals surface area (Å²) < 4.78 is 5.46. The first-order valence-electron chi connectivity index (χ1n) is 6.20. The monoisotopic (exact) mass is 231 g/mol. The molecular weight excluding hydrogens is 214 g/mol. The van der Waals surface area contributed by atoms with Gasteiger partial charge < -0.3 is 4.74 Å². The van der Waals surface area contributed by atoms with Gasteiger partial charge in [-0.3, -0.25) is 9.69 Å². The molecule has 0 unspecified atom stereocenters. The van der Waals surface area contributed by atoms with Gasteiger partial charge in [-0.1, -0.05) is 30.3 Å². The van der Waals surface area contributed by atoms with E-state index < -0.39 is 0 Å². The van der Waals surface area contributed by atoms with Gasteiger partial charge in [0.2, 0.25) is 0 Å². The smallest absolute Gasteiger partial charge is 0.146 e. The average Bonchev–Trinajstić information content (AvgIpc) is 2.32. The molecule has 0 aromatic heterocycles. The first kappa shape index (κ1) is 10.9. The van der Waals surface area contributed by atoms with Crippen molar-refractivity contribution in [2.75, 3.05) is 26.3 Å². The van der Waals surface area contributed by atoms with Crippen LogP contribution in [0.25, 0.3) is 0 Å². The summed E-state index contributed by atoms with van der Waals surface area (Å²) in [5.74, 6) is 0.623. The Kier molecular flexibility index (Phi) is 2.95. The van der Waals surface area contributed by atoms with Crippen molar-refractivity contribution in [3.63, 3.8) is 0 Å². The fourth-order valence-corrected chi connectivity index (χ4v) is 2.80. The molecule has 2 atom stereocenters. The highest BCUT2D eigenvalue weighted by molar-refractivity contribution is 5.85. The van der Waals surface area contributed by atoms with Gasteiger partial charge in [0.15, 0.2) is 0 Å². The second-order valence-corrected chi connectivity index (χ2v) is 5.01. The number of ether oxygens (including phenoxy) is 1. The van der Waals surface area contributed by atoms with Crippen LogP contribution in [0.1, 0.15) is 5.56 Å². The normalized spacial score (nSPS) is 29.3. The number of likely N-dealkylation sites (tertiary alicyclic amines) is 1. The second-order valence-electron chi connectivity index (χ2n) is 5.01. The molecule has 0 saturated carbocycles. The zero-order valence-electron chi connectivity index (χ0n) is 9.84. The van der Waals surface area contributed by atoms with Gasteiger partial charge in [-0.25, -0.2) is 0 Å². The minimum atomic E-state index is 0.103. The van der Waals surface area contributed by atoms with Gasteiger partial charge in [0.25, 0.3) is 0 Å². The van der Waals surface area contributed by atoms with E-state index in [2.05, 4.69) is 29.2 Å². The predicted octanol–water partition coefficient (Wildman–Crippen LogP) is 1.33. The number of Topliss-reactive ketones (excluding diaryl/α,β-unsaturated/α-hetero) is 1. The third-order valence-corrected chi connectivity index (χ3v) is 3.65. The fourth-order valence-electron chi connectivity index (χ4n) is 2.80. The number of piperidine rings is 1. The number of carbonyl (C=O) groups is 1. The van der Waals surface area contributed by atoms with E-state index in [1.54, 1.807) is 0 Å². The molecule has 2 saturated heterocycles. The number of nitrogens with zero attached hydrogens (tertiary/aromatic N) is 1. The number of hydrogen-bond acceptors (Lipinski definition) is 3. The van der Waals surface area contributed by atoms with Crippen LogP contribution in [0.4, 0.5) is 0 Å². The predicted molar refractivity (Wildman–Crippen MR) is 64.5 cm³/mol. The molecule has 0 amide bonds.